The standard InChI is InChI=1S/C11H16Cl2N2O/c1-11(2,16)7-15(3)6-10-9(13)4-8(12)5-14-10/h4-5,16H,6-7H2,1-3H3. The topological polar surface area (TPSA) is 36.4 Å². The van der Waals surface area contributed by atoms with Gasteiger partial charge < -0.3 is 5.11 Å². The summed E-state index contributed by atoms with van der Waals surface area (Å²) in [5.41, 5.74) is 0.0333. The van der Waals surface area contributed by atoms with Crippen LogP contribution in [0.25, 0.3) is 0 Å². The Balaban J connectivity index is 2.66. The van der Waals surface area contributed by atoms with E-state index in [9.17, 15) is 5.11 Å². The van der Waals surface area contributed by atoms with E-state index in [1.165, 1.54) is 0 Å². The van der Waals surface area contributed by atoms with Gasteiger partial charge in [0, 0.05) is 19.3 Å². The van der Waals surface area contributed by atoms with E-state index in [1.54, 1.807) is 26.1 Å². The van der Waals surface area contributed by atoms with Crippen molar-refractivity contribution in [3.05, 3.63) is 28.0 Å². The maximum absolute atomic E-state index is 9.66. The van der Waals surface area contributed by atoms with Crippen molar-refractivity contribution in [2.24, 2.45) is 0 Å². The fraction of sp³-hybridized carbons (Fsp3) is 0.545. The molecule has 1 heterocycles. The van der Waals surface area contributed by atoms with Crippen LogP contribution in [0.3, 0.4) is 0 Å². The maximum Gasteiger partial charge on any atom is 0.0730 e. The molecule has 0 saturated carbocycles. The van der Waals surface area contributed by atoms with E-state index >= 15 is 0 Å². The van der Waals surface area contributed by atoms with Crippen molar-refractivity contribution in [2.75, 3.05) is 13.6 Å². The first-order chi connectivity index (χ1) is 7.28. The molecule has 0 amide bonds. The Hall–Kier alpha value is -0.350. The van der Waals surface area contributed by atoms with E-state index in [1.807, 2.05) is 11.9 Å². The average molecular weight is 263 g/mol. The molecule has 0 aliphatic carbocycles. The second-order valence-electron chi connectivity index (χ2n) is 4.57. The number of hydrogen-bond donors (Lipinski definition) is 1. The van der Waals surface area contributed by atoms with Gasteiger partial charge in [-0.1, -0.05) is 23.2 Å². The lowest BCUT2D eigenvalue weighted by Gasteiger charge is -2.25. The number of hydrogen-bond acceptors (Lipinski definition) is 3. The van der Waals surface area contributed by atoms with Gasteiger partial charge in [0.2, 0.25) is 0 Å². The molecule has 0 saturated heterocycles. The van der Waals surface area contributed by atoms with Gasteiger partial charge in [0.15, 0.2) is 0 Å². The van der Waals surface area contributed by atoms with Crippen molar-refractivity contribution in [1.82, 2.24) is 9.88 Å². The first-order valence-corrected chi connectivity index (χ1v) is 5.74. The zero-order valence-electron chi connectivity index (χ0n) is 9.67. The van der Waals surface area contributed by atoms with Crippen LogP contribution in [0.2, 0.25) is 10.0 Å². The van der Waals surface area contributed by atoms with Crippen molar-refractivity contribution in [3.8, 4) is 0 Å². The van der Waals surface area contributed by atoms with Crippen LogP contribution in [0.4, 0.5) is 0 Å². The number of likely N-dealkylation sites (N-methyl/N-ethyl adjacent to an activating group) is 1. The molecule has 0 unspecified atom stereocenters. The molecule has 0 radical (unpaired) electrons. The minimum atomic E-state index is -0.729. The van der Waals surface area contributed by atoms with Crippen molar-refractivity contribution < 1.29 is 5.11 Å². The molecule has 0 aliphatic rings. The fourth-order valence-electron chi connectivity index (χ4n) is 1.53. The van der Waals surface area contributed by atoms with E-state index in [-0.39, 0.29) is 0 Å². The van der Waals surface area contributed by atoms with Gasteiger partial charge in [-0.25, -0.2) is 0 Å². The summed E-state index contributed by atoms with van der Waals surface area (Å²) in [6.45, 7) is 4.66. The fourth-order valence-corrected chi connectivity index (χ4v) is 1.97. The van der Waals surface area contributed by atoms with Crippen LogP contribution < -0.4 is 0 Å². The Morgan fingerprint density at radius 2 is 2.06 bits per heavy atom. The summed E-state index contributed by atoms with van der Waals surface area (Å²) in [7, 11) is 1.91. The Kier molecular flexibility index (Phi) is 4.56. The normalized spacial score (nSPS) is 12.2. The molecule has 1 N–H and O–H groups in total. The van der Waals surface area contributed by atoms with Gasteiger partial charge in [-0.05, 0) is 27.0 Å². The lowest BCUT2D eigenvalue weighted by molar-refractivity contribution is 0.0421. The number of pyridine rings is 1. The van der Waals surface area contributed by atoms with Crippen LogP contribution >= 0.6 is 23.2 Å². The molecule has 90 valence electrons. The van der Waals surface area contributed by atoms with E-state index in [2.05, 4.69) is 4.98 Å². The Labute approximate surface area is 106 Å². The third-order valence-electron chi connectivity index (χ3n) is 1.96. The van der Waals surface area contributed by atoms with Crippen molar-refractivity contribution in [3.63, 3.8) is 0 Å². The summed E-state index contributed by atoms with van der Waals surface area (Å²) in [5.74, 6) is 0. The molecular formula is C11H16Cl2N2O. The third kappa shape index (κ3) is 4.66. The van der Waals surface area contributed by atoms with Crippen molar-refractivity contribution in [1.29, 1.82) is 0 Å². The van der Waals surface area contributed by atoms with E-state index in [4.69, 9.17) is 23.2 Å². The molecule has 0 fully saturated rings. The Bertz CT molecular complexity index is 363. The van der Waals surface area contributed by atoms with Gasteiger partial charge in [-0.3, -0.25) is 9.88 Å². The molecule has 1 aromatic rings. The molecule has 16 heavy (non-hydrogen) atoms. The molecule has 0 spiro atoms. The SMILES string of the molecule is CN(Cc1ncc(Cl)cc1Cl)CC(C)(C)O. The number of halogens is 2. The molecule has 5 heteroatoms. The van der Waals surface area contributed by atoms with Gasteiger partial charge in [-0.2, -0.15) is 0 Å². The molecule has 0 bridgehead atoms. The zero-order chi connectivity index (χ0) is 12.3. The lowest BCUT2D eigenvalue weighted by atomic mass is 10.1. The number of aliphatic hydroxyl groups is 1. The molecule has 0 atom stereocenters. The summed E-state index contributed by atoms with van der Waals surface area (Å²) in [5, 5.41) is 10.7. The first-order valence-electron chi connectivity index (χ1n) is 4.99. The van der Waals surface area contributed by atoms with Crippen LogP contribution in [0, 0.1) is 0 Å². The quantitative estimate of drug-likeness (QED) is 0.907. The second kappa shape index (κ2) is 5.32. The molecular weight excluding hydrogens is 247 g/mol. The number of nitrogens with zero attached hydrogens (tertiary/aromatic N) is 2. The van der Waals surface area contributed by atoms with Crippen LogP contribution in [-0.2, 0) is 6.54 Å². The Morgan fingerprint density at radius 3 is 2.56 bits per heavy atom. The molecule has 1 rings (SSSR count). The molecule has 0 aromatic carbocycles. The summed E-state index contributed by atoms with van der Waals surface area (Å²) in [4.78, 5) is 6.12. The minimum Gasteiger partial charge on any atom is -0.389 e. The minimum absolute atomic E-state index is 0.527. The average Bonchev–Trinajstić information content (AvgIpc) is 2.06. The smallest absolute Gasteiger partial charge is 0.0730 e. The Morgan fingerprint density at radius 1 is 1.44 bits per heavy atom. The van der Waals surface area contributed by atoms with Gasteiger partial charge in [-0.15, -0.1) is 0 Å². The third-order valence-corrected chi connectivity index (χ3v) is 2.49. The highest BCUT2D eigenvalue weighted by atomic mass is 35.5. The predicted octanol–water partition coefficient (Wildman–Crippen LogP) is 2.59. The highest BCUT2D eigenvalue weighted by molar-refractivity contribution is 6.34. The van der Waals surface area contributed by atoms with Crippen molar-refractivity contribution >= 4 is 23.2 Å². The van der Waals surface area contributed by atoms with Gasteiger partial charge in [0.1, 0.15) is 0 Å². The highest BCUT2D eigenvalue weighted by Gasteiger charge is 2.16. The predicted molar refractivity (Wildman–Crippen MR) is 66.9 cm³/mol. The summed E-state index contributed by atoms with van der Waals surface area (Å²) in [6, 6.07) is 1.67. The second-order valence-corrected chi connectivity index (χ2v) is 5.41. The van der Waals surface area contributed by atoms with E-state index in [0.29, 0.717) is 23.1 Å². The first kappa shape index (κ1) is 13.7. The maximum atomic E-state index is 9.66. The number of aromatic nitrogens is 1. The summed E-state index contributed by atoms with van der Waals surface area (Å²) in [6.07, 6.45) is 1.57. The van der Waals surface area contributed by atoms with Crippen LogP contribution in [0.5, 0.6) is 0 Å². The van der Waals surface area contributed by atoms with E-state index in [0.717, 1.165) is 5.69 Å². The van der Waals surface area contributed by atoms with E-state index < -0.39 is 5.60 Å². The monoisotopic (exact) mass is 262 g/mol. The summed E-state index contributed by atoms with van der Waals surface area (Å²) >= 11 is 11.8. The van der Waals surface area contributed by atoms with Crippen LogP contribution in [0.15, 0.2) is 12.3 Å². The zero-order valence-corrected chi connectivity index (χ0v) is 11.2. The highest BCUT2D eigenvalue weighted by Crippen LogP contribution is 2.19. The molecule has 3 nitrogen and oxygen atoms in total. The lowest BCUT2D eigenvalue weighted by Crippen LogP contribution is -2.36. The number of rotatable bonds is 4. The van der Waals surface area contributed by atoms with Crippen LogP contribution in [-0.4, -0.2) is 34.2 Å². The summed E-state index contributed by atoms with van der Waals surface area (Å²) < 4.78 is 0. The van der Waals surface area contributed by atoms with Gasteiger partial charge >= 0.3 is 0 Å². The van der Waals surface area contributed by atoms with Crippen LogP contribution in [0.1, 0.15) is 19.5 Å². The largest absolute Gasteiger partial charge is 0.389 e. The van der Waals surface area contributed by atoms with Gasteiger partial charge in [0.25, 0.3) is 0 Å². The molecule has 1 aromatic heterocycles. The van der Waals surface area contributed by atoms with Gasteiger partial charge in [0.05, 0.1) is 21.3 Å². The van der Waals surface area contributed by atoms with Crippen molar-refractivity contribution in [2.45, 2.75) is 26.0 Å². The molecule has 0 aliphatic heterocycles.